The minimum Gasteiger partial charge on any atom is -0.507 e. The topological polar surface area (TPSA) is 115 Å². The molecule has 8 nitrogen and oxygen atoms in total. The number of oxime groups is 1. The lowest BCUT2D eigenvalue weighted by molar-refractivity contribution is -0.145. The Morgan fingerprint density at radius 2 is 1.71 bits per heavy atom. The van der Waals surface area contributed by atoms with Gasteiger partial charge in [0.15, 0.2) is 11.9 Å². The van der Waals surface area contributed by atoms with Crippen LogP contribution in [0.2, 0.25) is 0 Å². The number of carbonyl (C=O) groups excluding carboxylic acids is 1. The number of aromatic hydroxyl groups is 1. The summed E-state index contributed by atoms with van der Waals surface area (Å²) in [6.45, 7) is 7.75. The Bertz CT molecular complexity index is 1350. The van der Waals surface area contributed by atoms with E-state index in [2.05, 4.69) is 5.16 Å². The van der Waals surface area contributed by atoms with E-state index in [0.717, 1.165) is 28.8 Å². The lowest BCUT2D eigenvalue weighted by Gasteiger charge is -2.16. The zero-order valence-electron chi connectivity index (χ0n) is 24.2. The van der Waals surface area contributed by atoms with Crippen LogP contribution in [-0.4, -0.2) is 47.0 Å². The van der Waals surface area contributed by atoms with Gasteiger partial charge in [-0.2, -0.15) is 0 Å². The summed E-state index contributed by atoms with van der Waals surface area (Å²) in [5.41, 5.74) is 4.39. The Morgan fingerprint density at radius 1 is 0.976 bits per heavy atom. The fourth-order valence-corrected chi connectivity index (χ4v) is 4.36. The molecule has 218 valence electrons. The van der Waals surface area contributed by atoms with E-state index in [1.54, 1.807) is 25.1 Å². The zero-order chi connectivity index (χ0) is 29.8. The zero-order valence-corrected chi connectivity index (χ0v) is 24.2. The average Bonchev–Trinajstić information content (AvgIpc) is 2.95. The number of benzene rings is 3. The van der Waals surface area contributed by atoms with Gasteiger partial charge in [-0.05, 0) is 68.1 Å². The Labute approximate surface area is 241 Å². The van der Waals surface area contributed by atoms with E-state index < -0.39 is 12.1 Å². The highest BCUT2D eigenvalue weighted by molar-refractivity contribution is 6.02. The van der Waals surface area contributed by atoms with Crippen molar-refractivity contribution in [1.82, 2.24) is 0 Å². The standard InChI is InChI=1S/C33H39NO7/c1-5-11-27-31(17-15-26(23(4)35)32(27)36)39-18-10-19-40-34-28(21-24-12-8-7-9-13-24)25-14-16-30(22(3)20-25)41-29(6-2)33(37)38/h7-9,12-17,20,29,36H,5-6,10-11,18-19,21H2,1-4H3,(H,37,38)/b34-28+. The normalized spacial score (nSPS) is 12.0. The first-order valence-electron chi connectivity index (χ1n) is 14.0. The number of aryl methyl sites for hydroxylation is 1. The van der Waals surface area contributed by atoms with E-state index in [9.17, 15) is 19.8 Å². The number of phenolic OH excluding ortho intramolecular Hbond substituents is 1. The van der Waals surface area contributed by atoms with Crippen LogP contribution in [0.15, 0.2) is 65.8 Å². The van der Waals surface area contributed by atoms with Gasteiger partial charge in [0.25, 0.3) is 0 Å². The highest BCUT2D eigenvalue weighted by Gasteiger charge is 2.19. The van der Waals surface area contributed by atoms with E-state index in [1.807, 2.05) is 56.3 Å². The molecule has 3 rings (SSSR count). The van der Waals surface area contributed by atoms with Crippen LogP contribution in [0.3, 0.4) is 0 Å². The highest BCUT2D eigenvalue weighted by Crippen LogP contribution is 2.33. The van der Waals surface area contributed by atoms with E-state index in [-0.39, 0.29) is 11.5 Å². The number of hydrogen-bond donors (Lipinski definition) is 2. The molecular formula is C33H39NO7. The van der Waals surface area contributed by atoms with Gasteiger partial charge in [-0.25, -0.2) is 4.79 Å². The van der Waals surface area contributed by atoms with Crippen molar-refractivity contribution in [3.63, 3.8) is 0 Å². The molecule has 0 aliphatic rings. The van der Waals surface area contributed by atoms with Gasteiger partial charge in [0.1, 0.15) is 23.9 Å². The second-order valence-corrected chi connectivity index (χ2v) is 9.81. The molecular weight excluding hydrogens is 522 g/mol. The third-order valence-corrected chi connectivity index (χ3v) is 6.57. The molecule has 0 bridgehead atoms. The van der Waals surface area contributed by atoms with Gasteiger partial charge in [0.2, 0.25) is 0 Å². The molecule has 1 unspecified atom stereocenters. The number of carboxylic acid groups (broad SMARTS) is 1. The molecule has 0 radical (unpaired) electrons. The van der Waals surface area contributed by atoms with Crippen LogP contribution in [0.25, 0.3) is 0 Å². The van der Waals surface area contributed by atoms with Crippen LogP contribution in [-0.2, 0) is 22.5 Å². The summed E-state index contributed by atoms with van der Waals surface area (Å²) in [6, 6.07) is 18.8. The second-order valence-electron chi connectivity index (χ2n) is 9.81. The van der Waals surface area contributed by atoms with Crippen molar-refractivity contribution in [3.05, 3.63) is 88.5 Å². The first-order chi connectivity index (χ1) is 19.7. The van der Waals surface area contributed by atoms with E-state index in [1.165, 1.54) is 6.92 Å². The van der Waals surface area contributed by atoms with Crippen molar-refractivity contribution in [1.29, 1.82) is 0 Å². The number of carbonyl (C=O) groups is 2. The predicted octanol–water partition coefficient (Wildman–Crippen LogP) is 6.53. The SMILES string of the molecule is CCCc1c(OCCCO/N=C(\Cc2ccccc2)c2ccc(OC(CC)C(=O)O)c(C)c2)ccc(C(C)=O)c1O. The van der Waals surface area contributed by atoms with Crippen molar-refractivity contribution in [3.8, 4) is 17.2 Å². The van der Waals surface area contributed by atoms with Crippen LogP contribution in [0.1, 0.15) is 72.6 Å². The van der Waals surface area contributed by atoms with Gasteiger partial charge < -0.3 is 24.5 Å². The van der Waals surface area contributed by atoms with Gasteiger partial charge in [-0.3, -0.25) is 4.79 Å². The van der Waals surface area contributed by atoms with Gasteiger partial charge in [0.05, 0.1) is 17.9 Å². The third kappa shape index (κ3) is 8.83. The summed E-state index contributed by atoms with van der Waals surface area (Å²) < 4.78 is 11.6. The Balaban J connectivity index is 1.68. The van der Waals surface area contributed by atoms with Crippen molar-refractivity contribution >= 4 is 17.5 Å². The Morgan fingerprint density at radius 3 is 2.34 bits per heavy atom. The molecule has 8 heteroatoms. The average molecular weight is 562 g/mol. The van der Waals surface area contributed by atoms with Gasteiger partial charge in [-0.1, -0.05) is 55.8 Å². The molecule has 0 amide bonds. The molecule has 0 aliphatic heterocycles. The predicted molar refractivity (Wildman–Crippen MR) is 158 cm³/mol. The molecule has 3 aromatic rings. The molecule has 0 saturated heterocycles. The van der Waals surface area contributed by atoms with Crippen molar-refractivity contribution in [2.24, 2.45) is 5.16 Å². The minimum absolute atomic E-state index is 0.0110. The van der Waals surface area contributed by atoms with E-state index in [0.29, 0.717) is 61.5 Å². The number of hydrogen-bond acceptors (Lipinski definition) is 7. The summed E-state index contributed by atoms with van der Waals surface area (Å²) in [5, 5.41) is 24.3. The molecule has 0 aliphatic carbocycles. The smallest absolute Gasteiger partial charge is 0.344 e. The fraction of sp³-hybridized carbons (Fsp3) is 0.364. The fourth-order valence-electron chi connectivity index (χ4n) is 4.36. The minimum atomic E-state index is -0.994. The van der Waals surface area contributed by atoms with Gasteiger partial charge in [0, 0.05) is 24.0 Å². The number of phenols is 1. The van der Waals surface area contributed by atoms with Crippen molar-refractivity contribution < 1.29 is 34.1 Å². The van der Waals surface area contributed by atoms with Gasteiger partial charge >= 0.3 is 5.97 Å². The molecule has 0 saturated carbocycles. The largest absolute Gasteiger partial charge is 0.507 e. The summed E-state index contributed by atoms with van der Waals surface area (Å²) >= 11 is 0. The number of aliphatic carboxylic acids is 1. The maximum atomic E-state index is 11.8. The lowest BCUT2D eigenvalue weighted by Crippen LogP contribution is -2.26. The van der Waals surface area contributed by atoms with Crippen LogP contribution < -0.4 is 9.47 Å². The van der Waals surface area contributed by atoms with E-state index in [4.69, 9.17) is 14.3 Å². The number of ether oxygens (including phenoxy) is 2. The molecule has 41 heavy (non-hydrogen) atoms. The first-order valence-corrected chi connectivity index (χ1v) is 14.0. The van der Waals surface area contributed by atoms with E-state index >= 15 is 0 Å². The van der Waals surface area contributed by atoms with Gasteiger partial charge in [-0.15, -0.1) is 0 Å². The third-order valence-electron chi connectivity index (χ3n) is 6.57. The maximum absolute atomic E-state index is 11.8. The molecule has 0 heterocycles. The lowest BCUT2D eigenvalue weighted by atomic mass is 10.0. The maximum Gasteiger partial charge on any atom is 0.344 e. The number of nitrogens with zero attached hydrogens (tertiary/aromatic N) is 1. The first kappa shape index (κ1) is 31.2. The van der Waals surface area contributed by atoms with Crippen LogP contribution >= 0.6 is 0 Å². The van der Waals surface area contributed by atoms with Crippen LogP contribution in [0.5, 0.6) is 17.2 Å². The summed E-state index contributed by atoms with van der Waals surface area (Å²) in [7, 11) is 0. The molecule has 0 fully saturated rings. The monoisotopic (exact) mass is 561 g/mol. The highest BCUT2D eigenvalue weighted by atomic mass is 16.6. The molecule has 3 aromatic carbocycles. The Hall–Kier alpha value is -4.33. The number of Topliss-reactive ketones (excluding diaryl/α,β-unsaturated/α-hetero) is 1. The Kier molecular flexibility index (Phi) is 11.8. The summed E-state index contributed by atoms with van der Waals surface area (Å²) in [5.74, 6) is -0.111. The molecule has 1 atom stereocenters. The number of carboxylic acids is 1. The molecule has 0 aromatic heterocycles. The van der Waals surface area contributed by atoms with Crippen molar-refractivity contribution in [2.45, 2.75) is 65.9 Å². The number of rotatable bonds is 16. The summed E-state index contributed by atoms with van der Waals surface area (Å²) in [6.07, 6.45) is 1.97. The molecule has 2 N–H and O–H groups in total. The molecule has 0 spiro atoms. The van der Waals surface area contributed by atoms with Crippen LogP contribution in [0, 0.1) is 6.92 Å². The van der Waals surface area contributed by atoms with Crippen molar-refractivity contribution in [2.75, 3.05) is 13.2 Å². The quantitative estimate of drug-likeness (QED) is 0.0884. The second kappa shape index (κ2) is 15.5. The number of ketones is 1. The van der Waals surface area contributed by atoms with Crippen LogP contribution in [0.4, 0.5) is 0 Å². The summed E-state index contributed by atoms with van der Waals surface area (Å²) in [4.78, 5) is 28.9.